The van der Waals surface area contributed by atoms with Crippen LogP contribution in [0.5, 0.6) is 0 Å². The van der Waals surface area contributed by atoms with E-state index in [1.54, 1.807) is 0 Å². The fraction of sp³-hybridized carbons (Fsp3) is 0.333. The van der Waals surface area contributed by atoms with Crippen LogP contribution in [0.2, 0.25) is 5.02 Å². The van der Waals surface area contributed by atoms with Crippen molar-refractivity contribution >= 4 is 21.4 Å². The van der Waals surface area contributed by atoms with Crippen LogP contribution in [-0.2, 0) is 9.84 Å². The van der Waals surface area contributed by atoms with Gasteiger partial charge in [0.25, 0.3) is 0 Å². The molecule has 2 rings (SSSR count). The Kier molecular flexibility index (Phi) is 2.27. The summed E-state index contributed by atoms with van der Waals surface area (Å²) in [6.07, 6.45) is 1.35. The first kappa shape index (κ1) is 9.93. The van der Waals surface area contributed by atoms with Gasteiger partial charge in [-0.15, -0.1) is 0 Å². The molecule has 0 atom stereocenters. The number of sulfone groups is 1. The molecule has 0 radical (unpaired) electrons. The van der Waals surface area contributed by atoms with Gasteiger partial charge in [-0.3, -0.25) is 0 Å². The van der Waals surface area contributed by atoms with Crippen molar-refractivity contribution in [1.29, 1.82) is 0 Å². The minimum absolute atomic E-state index is 0.0306. The van der Waals surface area contributed by atoms with Gasteiger partial charge < -0.3 is 0 Å². The summed E-state index contributed by atoms with van der Waals surface area (Å²) < 4.78 is 36.1. The first-order chi connectivity index (χ1) is 6.51. The van der Waals surface area contributed by atoms with Crippen LogP contribution >= 0.6 is 11.6 Å². The number of halogens is 2. The van der Waals surface area contributed by atoms with Crippen molar-refractivity contribution < 1.29 is 12.8 Å². The molecule has 0 aliphatic heterocycles. The van der Waals surface area contributed by atoms with Crippen LogP contribution in [-0.4, -0.2) is 13.7 Å². The minimum atomic E-state index is -3.31. The molecule has 1 aromatic carbocycles. The van der Waals surface area contributed by atoms with Crippen molar-refractivity contribution in [3.63, 3.8) is 0 Å². The molecule has 0 unspecified atom stereocenters. The molecule has 0 amide bonds. The molecule has 5 heteroatoms. The molecule has 1 aliphatic carbocycles. The molecule has 76 valence electrons. The van der Waals surface area contributed by atoms with Gasteiger partial charge in [-0.1, -0.05) is 11.6 Å². The molecule has 0 spiro atoms. The molecule has 0 N–H and O–H groups in total. The maximum Gasteiger partial charge on any atom is 0.182 e. The molecule has 0 saturated heterocycles. The summed E-state index contributed by atoms with van der Waals surface area (Å²) in [6, 6.07) is 3.36. The standard InChI is InChI=1S/C9H8ClFO2S/c10-8-5-6(11)1-4-9(8)14(12,13)7-2-3-7/h1,4-5,7H,2-3H2. The van der Waals surface area contributed by atoms with E-state index in [2.05, 4.69) is 0 Å². The van der Waals surface area contributed by atoms with E-state index in [0.717, 1.165) is 12.1 Å². The van der Waals surface area contributed by atoms with Gasteiger partial charge in [-0.2, -0.15) is 0 Å². The summed E-state index contributed by atoms with van der Waals surface area (Å²) in [7, 11) is -3.31. The molecular weight excluding hydrogens is 227 g/mol. The van der Waals surface area contributed by atoms with E-state index in [-0.39, 0.29) is 15.2 Å². The van der Waals surface area contributed by atoms with Crippen molar-refractivity contribution in [2.75, 3.05) is 0 Å². The van der Waals surface area contributed by atoms with Gasteiger partial charge in [0, 0.05) is 0 Å². The van der Waals surface area contributed by atoms with Gasteiger partial charge in [0.15, 0.2) is 9.84 Å². The Bertz CT molecular complexity index is 466. The van der Waals surface area contributed by atoms with Gasteiger partial charge >= 0.3 is 0 Å². The zero-order valence-electron chi connectivity index (χ0n) is 7.20. The van der Waals surface area contributed by atoms with Gasteiger partial charge in [0.05, 0.1) is 15.2 Å². The van der Waals surface area contributed by atoms with Gasteiger partial charge in [-0.25, -0.2) is 12.8 Å². The summed E-state index contributed by atoms with van der Waals surface area (Å²) in [6.45, 7) is 0. The second kappa shape index (κ2) is 3.21. The third kappa shape index (κ3) is 1.64. The van der Waals surface area contributed by atoms with E-state index >= 15 is 0 Å². The predicted octanol–water partition coefficient (Wildman–Crippen LogP) is 2.42. The van der Waals surface area contributed by atoms with Crippen LogP contribution in [0.15, 0.2) is 23.1 Å². The average Bonchev–Trinajstić information content (AvgIpc) is 2.84. The van der Waals surface area contributed by atoms with Crippen molar-refractivity contribution in [3.8, 4) is 0 Å². The third-order valence-electron chi connectivity index (χ3n) is 2.16. The summed E-state index contributed by atoms with van der Waals surface area (Å²) in [5, 5.41) is -0.345. The van der Waals surface area contributed by atoms with Gasteiger partial charge in [0.2, 0.25) is 0 Å². The molecule has 0 bridgehead atoms. The summed E-state index contributed by atoms with van der Waals surface area (Å²) >= 11 is 5.67. The summed E-state index contributed by atoms with van der Waals surface area (Å²) in [5.41, 5.74) is 0. The Balaban J connectivity index is 2.51. The molecule has 1 fully saturated rings. The molecule has 0 aromatic heterocycles. The van der Waals surface area contributed by atoms with Crippen LogP contribution in [0.1, 0.15) is 12.8 Å². The van der Waals surface area contributed by atoms with Crippen molar-refractivity contribution in [3.05, 3.63) is 29.0 Å². The van der Waals surface area contributed by atoms with E-state index in [9.17, 15) is 12.8 Å². The smallest absolute Gasteiger partial charge is 0.182 e. The van der Waals surface area contributed by atoms with Crippen molar-refractivity contribution in [2.24, 2.45) is 0 Å². The zero-order chi connectivity index (χ0) is 10.3. The number of hydrogen-bond donors (Lipinski definition) is 0. The fourth-order valence-electron chi connectivity index (χ4n) is 1.26. The Morgan fingerprint density at radius 2 is 2.00 bits per heavy atom. The summed E-state index contributed by atoms with van der Waals surface area (Å²) in [5.74, 6) is -0.523. The average molecular weight is 235 g/mol. The second-order valence-electron chi connectivity index (χ2n) is 3.32. The maximum atomic E-state index is 12.7. The quantitative estimate of drug-likeness (QED) is 0.737. The minimum Gasteiger partial charge on any atom is -0.223 e. The highest BCUT2D eigenvalue weighted by Gasteiger charge is 2.37. The lowest BCUT2D eigenvalue weighted by Crippen LogP contribution is -2.07. The first-order valence-electron chi connectivity index (χ1n) is 4.21. The lowest BCUT2D eigenvalue weighted by atomic mass is 10.3. The highest BCUT2D eigenvalue weighted by molar-refractivity contribution is 7.92. The van der Waals surface area contributed by atoms with E-state index in [4.69, 9.17) is 11.6 Å². The van der Waals surface area contributed by atoms with E-state index in [0.29, 0.717) is 12.8 Å². The normalized spacial score (nSPS) is 17.0. The predicted molar refractivity (Wildman–Crippen MR) is 51.6 cm³/mol. The molecule has 0 heterocycles. The fourth-order valence-corrected chi connectivity index (χ4v) is 3.46. The Labute approximate surface area is 86.6 Å². The molecule has 2 nitrogen and oxygen atoms in total. The van der Waals surface area contributed by atoms with Crippen LogP contribution in [0.25, 0.3) is 0 Å². The number of benzene rings is 1. The monoisotopic (exact) mass is 234 g/mol. The van der Waals surface area contributed by atoms with Crippen LogP contribution in [0.4, 0.5) is 4.39 Å². The first-order valence-corrected chi connectivity index (χ1v) is 6.13. The van der Waals surface area contributed by atoms with Crippen molar-refractivity contribution in [1.82, 2.24) is 0 Å². The van der Waals surface area contributed by atoms with E-state index in [1.807, 2.05) is 0 Å². The molecule has 1 saturated carbocycles. The Morgan fingerprint density at radius 1 is 1.36 bits per heavy atom. The SMILES string of the molecule is O=S(=O)(c1ccc(F)cc1Cl)C1CC1. The zero-order valence-corrected chi connectivity index (χ0v) is 8.78. The van der Waals surface area contributed by atoms with E-state index in [1.165, 1.54) is 6.07 Å². The van der Waals surface area contributed by atoms with Gasteiger partial charge in [-0.05, 0) is 31.0 Å². The third-order valence-corrected chi connectivity index (χ3v) is 4.91. The van der Waals surface area contributed by atoms with Crippen LogP contribution in [0, 0.1) is 5.82 Å². The van der Waals surface area contributed by atoms with Crippen LogP contribution < -0.4 is 0 Å². The Hall–Kier alpha value is -0.610. The lowest BCUT2D eigenvalue weighted by Gasteiger charge is -2.04. The maximum absolute atomic E-state index is 12.7. The highest BCUT2D eigenvalue weighted by atomic mass is 35.5. The second-order valence-corrected chi connectivity index (χ2v) is 5.92. The molecule has 1 aromatic rings. The number of hydrogen-bond acceptors (Lipinski definition) is 2. The van der Waals surface area contributed by atoms with Gasteiger partial charge in [0.1, 0.15) is 5.82 Å². The summed E-state index contributed by atoms with van der Waals surface area (Å²) in [4.78, 5) is 0.0445. The highest BCUT2D eigenvalue weighted by Crippen LogP contribution is 2.36. The number of rotatable bonds is 2. The van der Waals surface area contributed by atoms with Crippen LogP contribution in [0.3, 0.4) is 0 Å². The Morgan fingerprint density at radius 3 is 2.50 bits per heavy atom. The topological polar surface area (TPSA) is 34.1 Å². The molecule has 1 aliphatic rings. The largest absolute Gasteiger partial charge is 0.223 e. The molecule has 14 heavy (non-hydrogen) atoms. The van der Waals surface area contributed by atoms with E-state index < -0.39 is 15.7 Å². The van der Waals surface area contributed by atoms with Crippen molar-refractivity contribution in [2.45, 2.75) is 23.0 Å². The molecular formula is C9H8ClFO2S. The lowest BCUT2D eigenvalue weighted by molar-refractivity contribution is 0.593.